The normalized spacial score (nSPS) is 13.7. The molecule has 0 radical (unpaired) electrons. The molecule has 16 heavy (non-hydrogen) atoms. The molecule has 1 aromatic rings. The first kappa shape index (κ1) is 11.2. The second-order valence-electron chi connectivity index (χ2n) is 4.43. The van der Waals surface area contributed by atoms with Crippen LogP contribution in [0.2, 0.25) is 0 Å². The Morgan fingerprint density at radius 1 is 1.38 bits per heavy atom. The molecule has 0 atom stereocenters. The zero-order chi connectivity index (χ0) is 11.5. The van der Waals surface area contributed by atoms with Gasteiger partial charge >= 0.3 is 0 Å². The summed E-state index contributed by atoms with van der Waals surface area (Å²) in [6, 6.07) is 6.08. The summed E-state index contributed by atoms with van der Waals surface area (Å²) < 4.78 is 0. The molecular formula is C14H19NO. The van der Waals surface area contributed by atoms with E-state index in [-0.39, 0.29) is 5.92 Å². The van der Waals surface area contributed by atoms with E-state index >= 15 is 0 Å². The van der Waals surface area contributed by atoms with Crippen molar-refractivity contribution in [2.45, 2.75) is 33.1 Å². The lowest BCUT2D eigenvalue weighted by Crippen LogP contribution is -2.13. The summed E-state index contributed by atoms with van der Waals surface area (Å²) in [6.45, 7) is 5.16. The number of benzene rings is 1. The molecule has 0 bridgehead atoms. The molecule has 1 aliphatic heterocycles. The van der Waals surface area contributed by atoms with Gasteiger partial charge in [-0.1, -0.05) is 26.0 Å². The first-order chi connectivity index (χ1) is 7.76. The Bertz CT molecular complexity index is 394. The first-order valence-corrected chi connectivity index (χ1v) is 6.17. The van der Waals surface area contributed by atoms with Gasteiger partial charge in [-0.2, -0.15) is 0 Å². The van der Waals surface area contributed by atoms with Crippen LogP contribution in [0.15, 0.2) is 18.2 Å². The number of nitrogens with one attached hydrogen (secondary N) is 1. The first-order valence-electron chi connectivity index (χ1n) is 6.17. The van der Waals surface area contributed by atoms with Crippen molar-refractivity contribution in [2.75, 3.05) is 11.9 Å². The molecule has 2 nitrogen and oxygen atoms in total. The fraction of sp³-hybridized carbons (Fsp3) is 0.500. The smallest absolute Gasteiger partial charge is 0.165 e. The molecular weight excluding hydrogens is 198 g/mol. The van der Waals surface area contributed by atoms with Crippen LogP contribution in [0.5, 0.6) is 0 Å². The van der Waals surface area contributed by atoms with Crippen LogP contribution in [0, 0.1) is 5.92 Å². The average molecular weight is 217 g/mol. The Balaban J connectivity index is 2.24. The Labute approximate surface area is 97.1 Å². The van der Waals surface area contributed by atoms with Gasteiger partial charge in [-0.3, -0.25) is 4.79 Å². The number of Topliss-reactive ketones (excluding diaryl/α,β-unsaturated/α-hetero) is 1. The molecule has 1 heterocycles. The fourth-order valence-corrected chi connectivity index (χ4v) is 2.34. The molecule has 2 rings (SSSR count). The molecule has 0 aromatic heterocycles. The van der Waals surface area contributed by atoms with E-state index in [4.69, 9.17) is 0 Å². The third-order valence-corrected chi connectivity index (χ3v) is 3.46. The number of hydrogen-bond acceptors (Lipinski definition) is 2. The summed E-state index contributed by atoms with van der Waals surface area (Å²) >= 11 is 0. The van der Waals surface area contributed by atoms with Crippen LogP contribution in [0.3, 0.4) is 0 Å². The Morgan fingerprint density at radius 2 is 2.12 bits per heavy atom. The van der Waals surface area contributed by atoms with Gasteiger partial charge in [0.25, 0.3) is 0 Å². The van der Waals surface area contributed by atoms with Crippen molar-refractivity contribution < 1.29 is 4.79 Å². The summed E-state index contributed by atoms with van der Waals surface area (Å²) in [5.41, 5.74) is 3.35. The van der Waals surface area contributed by atoms with Crippen LogP contribution < -0.4 is 5.32 Å². The molecule has 0 aliphatic carbocycles. The third kappa shape index (κ3) is 1.97. The summed E-state index contributed by atoms with van der Waals surface area (Å²) in [6.07, 6.45) is 2.94. The second kappa shape index (κ2) is 4.69. The minimum atomic E-state index is 0.180. The number of carbonyl (C=O) groups excluding carboxylic acids is 1. The maximum atomic E-state index is 12.2. The summed E-state index contributed by atoms with van der Waals surface area (Å²) in [4.78, 5) is 12.2. The fourth-order valence-electron chi connectivity index (χ4n) is 2.34. The molecule has 1 aromatic carbocycles. The standard InChI is InChI=1S/C14H19NO/c1-3-10(4-2)14(16)12-6-5-11-7-8-15-13(11)9-12/h5-6,9-10,15H,3-4,7-8H2,1-2H3. The van der Waals surface area contributed by atoms with E-state index < -0.39 is 0 Å². The minimum Gasteiger partial charge on any atom is -0.384 e. The van der Waals surface area contributed by atoms with E-state index in [0.29, 0.717) is 5.78 Å². The van der Waals surface area contributed by atoms with Crippen molar-refractivity contribution in [1.29, 1.82) is 0 Å². The van der Waals surface area contributed by atoms with E-state index in [1.165, 1.54) is 5.56 Å². The number of rotatable bonds is 4. The third-order valence-electron chi connectivity index (χ3n) is 3.46. The molecule has 0 amide bonds. The molecule has 0 saturated carbocycles. The van der Waals surface area contributed by atoms with Gasteiger partial charge in [0.2, 0.25) is 0 Å². The maximum Gasteiger partial charge on any atom is 0.165 e. The topological polar surface area (TPSA) is 29.1 Å². The number of hydrogen-bond donors (Lipinski definition) is 1. The molecule has 1 aliphatic rings. The summed E-state index contributed by atoms with van der Waals surface area (Å²) in [7, 11) is 0. The van der Waals surface area contributed by atoms with Crippen LogP contribution >= 0.6 is 0 Å². The summed E-state index contributed by atoms with van der Waals surface area (Å²) in [5, 5.41) is 3.32. The SMILES string of the molecule is CCC(CC)C(=O)c1ccc2c(c1)NCC2. The van der Waals surface area contributed by atoms with Gasteiger partial charge in [0.1, 0.15) is 0 Å². The van der Waals surface area contributed by atoms with Crippen LogP contribution in [-0.4, -0.2) is 12.3 Å². The molecule has 86 valence electrons. The lowest BCUT2D eigenvalue weighted by Gasteiger charge is -2.11. The zero-order valence-corrected chi connectivity index (χ0v) is 10.0. The van der Waals surface area contributed by atoms with Gasteiger partial charge in [-0.25, -0.2) is 0 Å². The molecule has 1 N–H and O–H groups in total. The van der Waals surface area contributed by atoms with Gasteiger partial charge in [-0.05, 0) is 30.9 Å². The van der Waals surface area contributed by atoms with Crippen molar-refractivity contribution in [1.82, 2.24) is 0 Å². The van der Waals surface area contributed by atoms with Crippen LogP contribution in [-0.2, 0) is 6.42 Å². The maximum absolute atomic E-state index is 12.2. The van der Waals surface area contributed by atoms with Gasteiger partial charge in [-0.15, -0.1) is 0 Å². The Kier molecular flexibility index (Phi) is 3.28. The number of anilines is 1. The van der Waals surface area contributed by atoms with Gasteiger partial charge in [0.15, 0.2) is 5.78 Å². The highest BCUT2D eigenvalue weighted by molar-refractivity contribution is 5.98. The zero-order valence-electron chi connectivity index (χ0n) is 10.0. The Hall–Kier alpha value is -1.31. The van der Waals surface area contributed by atoms with Crippen molar-refractivity contribution in [3.05, 3.63) is 29.3 Å². The quantitative estimate of drug-likeness (QED) is 0.784. The van der Waals surface area contributed by atoms with Crippen molar-refractivity contribution in [3.8, 4) is 0 Å². The second-order valence-corrected chi connectivity index (χ2v) is 4.43. The van der Waals surface area contributed by atoms with Crippen molar-refractivity contribution in [3.63, 3.8) is 0 Å². The van der Waals surface area contributed by atoms with E-state index in [0.717, 1.165) is 37.1 Å². The number of carbonyl (C=O) groups is 1. The monoisotopic (exact) mass is 217 g/mol. The van der Waals surface area contributed by atoms with E-state index in [1.807, 2.05) is 12.1 Å². The molecule has 2 heteroatoms. The van der Waals surface area contributed by atoms with E-state index in [1.54, 1.807) is 0 Å². The minimum absolute atomic E-state index is 0.180. The van der Waals surface area contributed by atoms with Gasteiger partial charge < -0.3 is 5.32 Å². The van der Waals surface area contributed by atoms with Crippen LogP contribution in [0.4, 0.5) is 5.69 Å². The van der Waals surface area contributed by atoms with Gasteiger partial charge in [0, 0.05) is 23.7 Å². The summed E-state index contributed by atoms with van der Waals surface area (Å²) in [5.74, 6) is 0.473. The largest absolute Gasteiger partial charge is 0.384 e. The van der Waals surface area contributed by atoms with Crippen molar-refractivity contribution >= 4 is 11.5 Å². The van der Waals surface area contributed by atoms with E-state index in [2.05, 4.69) is 25.2 Å². The van der Waals surface area contributed by atoms with Gasteiger partial charge in [0.05, 0.1) is 0 Å². The molecule has 0 spiro atoms. The van der Waals surface area contributed by atoms with Crippen LogP contribution in [0.1, 0.15) is 42.6 Å². The molecule has 0 fully saturated rings. The predicted octanol–water partition coefficient (Wildman–Crippen LogP) is 3.27. The highest BCUT2D eigenvalue weighted by Gasteiger charge is 2.18. The lowest BCUT2D eigenvalue weighted by molar-refractivity contribution is 0.0913. The van der Waals surface area contributed by atoms with Crippen LogP contribution in [0.25, 0.3) is 0 Å². The van der Waals surface area contributed by atoms with E-state index in [9.17, 15) is 4.79 Å². The highest BCUT2D eigenvalue weighted by atomic mass is 16.1. The number of fused-ring (bicyclic) bond motifs is 1. The molecule has 0 unspecified atom stereocenters. The lowest BCUT2D eigenvalue weighted by atomic mass is 9.92. The predicted molar refractivity (Wildman–Crippen MR) is 67.0 cm³/mol. The Morgan fingerprint density at radius 3 is 2.81 bits per heavy atom. The highest BCUT2D eigenvalue weighted by Crippen LogP contribution is 2.25. The number of ketones is 1. The average Bonchev–Trinajstić information content (AvgIpc) is 2.77. The molecule has 0 saturated heterocycles. The van der Waals surface area contributed by atoms with Crippen molar-refractivity contribution in [2.24, 2.45) is 5.92 Å².